The lowest BCUT2D eigenvalue weighted by Gasteiger charge is -2.33. The molecule has 11 nitrogen and oxygen atoms in total. The Morgan fingerprint density at radius 2 is 1.84 bits per heavy atom. The summed E-state index contributed by atoms with van der Waals surface area (Å²) in [6.07, 6.45) is 3.36. The van der Waals surface area contributed by atoms with E-state index in [4.69, 9.17) is 5.73 Å². The van der Waals surface area contributed by atoms with E-state index in [1.165, 1.54) is 0 Å². The van der Waals surface area contributed by atoms with Gasteiger partial charge in [-0.25, -0.2) is 18.4 Å². The number of piperazine rings is 1. The van der Waals surface area contributed by atoms with E-state index in [2.05, 4.69) is 53.4 Å². The van der Waals surface area contributed by atoms with Crippen LogP contribution in [-0.4, -0.2) is 66.5 Å². The van der Waals surface area contributed by atoms with Crippen LogP contribution in [0.2, 0.25) is 0 Å². The zero-order chi connectivity index (χ0) is 26.0. The molecule has 1 aliphatic heterocycles. The zero-order valence-electron chi connectivity index (χ0n) is 20.3. The predicted molar refractivity (Wildman–Crippen MR) is 147 cm³/mol. The third-order valence-electron chi connectivity index (χ3n) is 6.09. The molecular formula is C25H27N9O2S. The molecule has 1 fully saturated rings. The molecule has 0 unspecified atom stereocenters. The highest BCUT2D eigenvalue weighted by Crippen LogP contribution is 2.30. The molecule has 1 saturated heterocycles. The molecular weight excluding hydrogens is 490 g/mol. The van der Waals surface area contributed by atoms with Gasteiger partial charge in [0.1, 0.15) is 17.2 Å². The minimum Gasteiger partial charge on any atom is -0.383 e. The first-order chi connectivity index (χ1) is 17.8. The molecule has 1 aliphatic rings. The number of benzene rings is 1. The number of nitrogens with two attached hydrogens (primary N) is 1. The molecule has 3 aromatic heterocycles. The maximum Gasteiger partial charge on any atom is 0.254 e. The highest BCUT2D eigenvalue weighted by Gasteiger charge is 2.16. The number of hydrogen-bond acceptors (Lipinski definition) is 10. The number of anilines is 5. The first-order valence-corrected chi connectivity index (χ1v) is 13.2. The van der Waals surface area contributed by atoms with Crippen molar-refractivity contribution >= 4 is 49.9 Å². The minimum atomic E-state index is -3.65. The molecule has 0 bridgehead atoms. The average Bonchev–Trinajstić information content (AvgIpc) is 2.89. The Hall–Kier alpha value is -4.29. The Balaban J connectivity index is 1.44. The lowest BCUT2D eigenvalue weighted by atomic mass is 10.1. The number of aromatic nitrogens is 4. The summed E-state index contributed by atoms with van der Waals surface area (Å²) < 4.78 is 26.3. The highest BCUT2D eigenvalue weighted by molar-refractivity contribution is 7.95. The molecule has 37 heavy (non-hydrogen) atoms. The van der Waals surface area contributed by atoms with E-state index in [0.29, 0.717) is 39.6 Å². The van der Waals surface area contributed by atoms with Gasteiger partial charge in [-0.2, -0.15) is 4.98 Å². The van der Waals surface area contributed by atoms with Crippen LogP contribution >= 0.6 is 0 Å². The van der Waals surface area contributed by atoms with Crippen molar-refractivity contribution in [2.75, 3.05) is 53.9 Å². The summed E-state index contributed by atoms with van der Waals surface area (Å²) in [5.74, 6) is 1.52. The SMILES string of the molecule is C=CS(=O)(=O)Nc1cccc(-c2nccc3c(N)nc(Nc4ccc(N5CCN(C)CC5)nc4)nc23)c1. The zero-order valence-corrected chi connectivity index (χ0v) is 21.1. The molecule has 0 aliphatic carbocycles. The maximum absolute atomic E-state index is 11.9. The number of nitrogen functional groups attached to an aromatic ring is 1. The molecule has 12 heteroatoms. The average molecular weight is 518 g/mol. The Kier molecular flexibility index (Phi) is 6.59. The quantitative estimate of drug-likeness (QED) is 0.335. The van der Waals surface area contributed by atoms with Gasteiger partial charge >= 0.3 is 0 Å². The molecule has 0 amide bonds. The summed E-state index contributed by atoms with van der Waals surface area (Å²) >= 11 is 0. The van der Waals surface area contributed by atoms with Crippen LogP contribution in [0.25, 0.3) is 22.2 Å². The van der Waals surface area contributed by atoms with Crippen LogP contribution in [0.3, 0.4) is 0 Å². The normalized spacial score (nSPS) is 14.5. The molecule has 0 atom stereocenters. The van der Waals surface area contributed by atoms with Gasteiger partial charge in [-0.3, -0.25) is 9.71 Å². The molecule has 1 aromatic carbocycles. The third-order valence-corrected chi connectivity index (χ3v) is 7.05. The molecule has 0 spiro atoms. The number of pyridine rings is 2. The van der Waals surface area contributed by atoms with Crippen molar-refractivity contribution in [3.8, 4) is 11.3 Å². The van der Waals surface area contributed by atoms with Crippen LogP contribution in [0.5, 0.6) is 0 Å². The van der Waals surface area contributed by atoms with Crippen LogP contribution in [0.15, 0.2) is 66.8 Å². The Labute approximate surface area is 215 Å². The van der Waals surface area contributed by atoms with E-state index in [9.17, 15) is 8.42 Å². The van der Waals surface area contributed by atoms with Crippen molar-refractivity contribution in [3.63, 3.8) is 0 Å². The van der Waals surface area contributed by atoms with Gasteiger partial charge in [-0.05, 0) is 37.4 Å². The minimum absolute atomic E-state index is 0.293. The van der Waals surface area contributed by atoms with E-state index in [-0.39, 0.29) is 0 Å². The van der Waals surface area contributed by atoms with Crippen LogP contribution in [0, 0.1) is 0 Å². The number of sulfonamides is 1. The fourth-order valence-corrected chi connectivity index (χ4v) is 4.63. The van der Waals surface area contributed by atoms with Gasteiger partial charge in [0.15, 0.2) is 0 Å². The molecule has 0 saturated carbocycles. The van der Waals surface area contributed by atoms with Gasteiger partial charge < -0.3 is 20.9 Å². The van der Waals surface area contributed by atoms with Gasteiger partial charge in [0, 0.05) is 54.4 Å². The monoisotopic (exact) mass is 517 g/mol. The number of fused-ring (bicyclic) bond motifs is 1. The second-order valence-electron chi connectivity index (χ2n) is 8.70. The van der Waals surface area contributed by atoms with Crippen molar-refractivity contribution in [3.05, 3.63) is 66.8 Å². The second kappa shape index (κ2) is 9.99. The van der Waals surface area contributed by atoms with Crippen LogP contribution in [0.4, 0.5) is 29.0 Å². The smallest absolute Gasteiger partial charge is 0.254 e. The Morgan fingerprint density at radius 1 is 1.03 bits per heavy atom. The fraction of sp³-hybridized carbons (Fsp3) is 0.200. The van der Waals surface area contributed by atoms with Gasteiger partial charge in [0.2, 0.25) is 5.95 Å². The second-order valence-corrected chi connectivity index (χ2v) is 10.3. The summed E-state index contributed by atoms with van der Waals surface area (Å²) in [7, 11) is -1.53. The number of hydrogen-bond donors (Lipinski definition) is 3. The molecule has 5 rings (SSSR count). The van der Waals surface area contributed by atoms with E-state index >= 15 is 0 Å². The topological polar surface area (TPSA) is 142 Å². The van der Waals surface area contributed by atoms with Crippen molar-refractivity contribution < 1.29 is 8.42 Å². The lowest BCUT2D eigenvalue weighted by molar-refractivity contribution is 0.312. The molecule has 4 heterocycles. The van der Waals surface area contributed by atoms with E-state index in [0.717, 1.165) is 43.1 Å². The highest BCUT2D eigenvalue weighted by atomic mass is 32.2. The Bertz CT molecular complexity index is 1550. The third kappa shape index (κ3) is 5.44. The molecule has 0 radical (unpaired) electrons. The summed E-state index contributed by atoms with van der Waals surface area (Å²) in [5, 5.41) is 4.67. The van der Waals surface area contributed by atoms with E-state index < -0.39 is 10.0 Å². The number of nitrogens with one attached hydrogen (secondary N) is 2. The maximum atomic E-state index is 11.9. The van der Waals surface area contributed by atoms with E-state index in [1.54, 1.807) is 36.7 Å². The van der Waals surface area contributed by atoms with Gasteiger partial charge in [-0.15, -0.1) is 0 Å². The van der Waals surface area contributed by atoms with Crippen LogP contribution < -0.4 is 20.7 Å². The predicted octanol–water partition coefficient (Wildman–Crippen LogP) is 3.05. The largest absolute Gasteiger partial charge is 0.383 e. The summed E-state index contributed by atoms with van der Waals surface area (Å²) in [6, 6.07) is 12.5. The first-order valence-electron chi connectivity index (χ1n) is 11.7. The van der Waals surface area contributed by atoms with Gasteiger partial charge in [0.25, 0.3) is 10.0 Å². The van der Waals surface area contributed by atoms with Crippen molar-refractivity contribution in [1.29, 1.82) is 0 Å². The van der Waals surface area contributed by atoms with Crippen LogP contribution in [-0.2, 0) is 10.0 Å². The lowest BCUT2D eigenvalue weighted by Crippen LogP contribution is -2.44. The number of rotatable bonds is 7. The van der Waals surface area contributed by atoms with Gasteiger partial charge in [-0.1, -0.05) is 18.7 Å². The molecule has 4 aromatic rings. The van der Waals surface area contributed by atoms with Crippen molar-refractivity contribution in [2.45, 2.75) is 0 Å². The Morgan fingerprint density at radius 3 is 2.57 bits per heavy atom. The van der Waals surface area contributed by atoms with Gasteiger partial charge in [0.05, 0.1) is 17.6 Å². The first kappa shape index (κ1) is 24.4. The standard InChI is InChI=1S/C25H27N9O2S/c1-3-37(35,36)32-18-6-4-5-17(15-18)22-23-20(9-10-27-22)24(26)31-25(30-23)29-19-7-8-21(28-16-19)34-13-11-33(2)12-14-34/h3-10,15-16,32H,1,11-14H2,2H3,(H3,26,29,30,31). The number of likely N-dealkylation sites (N-methyl/N-ethyl adjacent to an activating group) is 1. The van der Waals surface area contributed by atoms with Crippen molar-refractivity contribution in [2.24, 2.45) is 0 Å². The summed E-state index contributed by atoms with van der Waals surface area (Å²) in [4.78, 5) is 22.8. The summed E-state index contributed by atoms with van der Waals surface area (Å²) in [5.41, 5.74) is 9.11. The van der Waals surface area contributed by atoms with Crippen LogP contribution in [0.1, 0.15) is 0 Å². The fourth-order valence-electron chi connectivity index (χ4n) is 4.09. The molecule has 190 valence electrons. The summed E-state index contributed by atoms with van der Waals surface area (Å²) in [6.45, 7) is 7.21. The van der Waals surface area contributed by atoms with Crippen molar-refractivity contribution in [1.82, 2.24) is 24.8 Å². The molecule has 4 N–H and O–H groups in total. The van der Waals surface area contributed by atoms with E-state index in [1.807, 2.05) is 18.2 Å². The number of nitrogens with zero attached hydrogens (tertiary/aromatic N) is 6.